The summed E-state index contributed by atoms with van der Waals surface area (Å²) >= 11 is 0. The number of carbonyl (C=O) groups excluding carboxylic acids is 4. The average Bonchev–Trinajstić information content (AvgIpc) is 0.748. The molecule has 0 N–H and O–H groups in total. The van der Waals surface area contributed by atoms with Gasteiger partial charge in [0.25, 0.3) is 0 Å². The Balaban J connectivity index is 1.62. The van der Waals surface area contributed by atoms with Crippen molar-refractivity contribution in [3.63, 3.8) is 0 Å². The van der Waals surface area contributed by atoms with Gasteiger partial charge >= 0.3 is 23.9 Å². The van der Waals surface area contributed by atoms with Crippen molar-refractivity contribution in [2.24, 2.45) is 0 Å². The van der Waals surface area contributed by atoms with Crippen molar-refractivity contribution in [2.45, 2.75) is 255 Å². The smallest absolute Gasteiger partial charge is 0.306 e. The lowest BCUT2D eigenvalue weighted by Gasteiger charge is -2.31. The number of hydrogen-bond acceptors (Lipinski definition) is 16. The van der Waals surface area contributed by atoms with Crippen LogP contribution >= 0.6 is 0 Å². The zero-order valence-electron chi connectivity index (χ0n) is 63.5. The van der Waals surface area contributed by atoms with E-state index < -0.39 is 47.5 Å². The standard InChI is InChI=1S/C86H124O16/c1-11-13-15-17-19-31-35-39-43-47-99-83(87)55-63-67-51-68(76(92-4)59-75(67)91-3)64(56-84(88)100-48-44-40-36-32-20-18-16-14-12-2)70-53-72(80(96-8)61-78(70)94-6)66-58-86(90)102-50-46-42-38-34-30-28-26-24-22-21-23-25-27-29-33-37-41-45-49-101-85(89)57-65(71-52-69(63)77(93-5)60-79(71)95-7)73-54-74(66)82(98-10)62-81(73)97-9/h11-12,21-22,51-54,59-66H,1-2,13-20,23-50,55-58H2,3-10H3/b22-21+. The number of carbonyl (C=O) groups is 4. The Morgan fingerprint density at radius 3 is 0.912 bits per heavy atom. The van der Waals surface area contributed by atoms with Gasteiger partial charge in [-0.2, -0.15) is 0 Å². The second kappa shape index (κ2) is 48.4. The number of benzene rings is 4. The van der Waals surface area contributed by atoms with Gasteiger partial charge in [0.15, 0.2) is 0 Å². The van der Waals surface area contributed by atoms with Crippen LogP contribution in [0, 0.1) is 0 Å². The molecule has 0 saturated carbocycles. The van der Waals surface area contributed by atoms with E-state index in [0.29, 0.717) is 116 Å². The zero-order valence-corrected chi connectivity index (χ0v) is 63.5. The normalized spacial score (nSPS) is 18.0. The summed E-state index contributed by atoms with van der Waals surface area (Å²) in [6, 6.07) is 14.9. The van der Waals surface area contributed by atoms with E-state index in [2.05, 4.69) is 25.3 Å². The lowest BCUT2D eigenvalue weighted by Crippen LogP contribution is -2.19. The van der Waals surface area contributed by atoms with Crippen LogP contribution in [0.15, 0.2) is 86.0 Å². The summed E-state index contributed by atoms with van der Waals surface area (Å²) in [7, 11) is 12.5. The minimum Gasteiger partial charge on any atom is -0.496 e. The van der Waals surface area contributed by atoms with Crippen LogP contribution in [0.1, 0.15) is 299 Å². The lowest BCUT2D eigenvalue weighted by molar-refractivity contribution is -0.145. The van der Waals surface area contributed by atoms with Gasteiger partial charge in [-0.15, -0.1) is 13.2 Å². The van der Waals surface area contributed by atoms with Gasteiger partial charge in [-0.05, 0) is 101 Å². The molecule has 10 bridgehead atoms. The lowest BCUT2D eigenvalue weighted by atomic mass is 9.77. The second-order valence-corrected chi connectivity index (χ2v) is 27.4. The maximum Gasteiger partial charge on any atom is 0.306 e. The number of fused-ring (bicyclic) bond motifs is 8. The number of hydrogen-bond donors (Lipinski definition) is 0. The van der Waals surface area contributed by atoms with E-state index in [1.54, 1.807) is 81.1 Å². The number of rotatable bonds is 32. The van der Waals surface area contributed by atoms with Crippen LogP contribution in [0.5, 0.6) is 46.0 Å². The molecular weight excluding hydrogens is 1290 g/mol. The first-order chi connectivity index (χ1) is 49.9. The zero-order chi connectivity index (χ0) is 73.1. The molecule has 564 valence electrons. The van der Waals surface area contributed by atoms with Crippen LogP contribution in [0.2, 0.25) is 0 Å². The van der Waals surface area contributed by atoms with Crippen LogP contribution in [0.4, 0.5) is 0 Å². The molecule has 0 amide bonds. The summed E-state index contributed by atoms with van der Waals surface area (Å²) in [4.78, 5) is 59.7. The molecule has 0 fully saturated rings. The third-order valence-electron chi connectivity index (χ3n) is 20.2. The highest BCUT2D eigenvalue weighted by Gasteiger charge is 2.38. The molecule has 16 nitrogen and oxygen atoms in total. The third-order valence-corrected chi connectivity index (χ3v) is 20.2. The largest absolute Gasteiger partial charge is 0.496 e. The maximum absolute atomic E-state index is 14.9. The van der Waals surface area contributed by atoms with Gasteiger partial charge in [-0.1, -0.05) is 153 Å². The molecule has 1 aliphatic carbocycles. The highest BCUT2D eigenvalue weighted by Crippen LogP contribution is 2.53. The minimum atomic E-state index is -0.883. The third kappa shape index (κ3) is 26.9. The summed E-state index contributed by atoms with van der Waals surface area (Å²) in [5.74, 6) is -2.35. The summed E-state index contributed by atoms with van der Waals surface area (Å²) in [5.41, 5.74) is 4.36. The fourth-order valence-electron chi connectivity index (χ4n) is 14.5. The quantitative estimate of drug-likeness (QED) is 0.0195. The van der Waals surface area contributed by atoms with Crippen LogP contribution < -0.4 is 37.9 Å². The van der Waals surface area contributed by atoms with E-state index in [1.807, 2.05) is 36.4 Å². The predicted octanol–water partition coefficient (Wildman–Crippen LogP) is 20.8. The van der Waals surface area contributed by atoms with Gasteiger partial charge in [-0.3, -0.25) is 19.2 Å². The molecule has 4 atom stereocenters. The van der Waals surface area contributed by atoms with Crippen molar-refractivity contribution in [1.29, 1.82) is 0 Å². The summed E-state index contributed by atoms with van der Waals surface area (Å²) in [5, 5.41) is 0. The van der Waals surface area contributed by atoms with Crippen molar-refractivity contribution in [2.75, 3.05) is 83.3 Å². The fraction of sp³-hybridized carbons (Fsp3) is 0.605. The van der Waals surface area contributed by atoms with Crippen molar-refractivity contribution in [3.8, 4) is 46.0 Å². The van der Waals surface area contributed by atoms with Crippen LogP contribution in [0.3, 0.4) is 0 Å². The highest BCUT2D eigenvalue weighted by molar-refractivity contribution is 5.77. The molecule has 1 heterocycles. The molecule has 16 heteroatoms. The summed E-state index contributed by atoms with van der Waals surface area (Å²) < 4.78 is 75.9. The Labute approximate surface area is 611 Å². The number of methoxy groups -OCH3 is 8. The topological polar surface area (TPSA) is 179 Å². The van der Waals surface area contributed by atoms with E-state index >= 15 is 0 Å². The molecule has 0 aromatic heterocycles. The molecule has 0 spiro atoms. The number of ether oxygens (including phenoxy) is 12. The minimum absolute atomic E-state index is 0.187. The number of allylic oxidation sites excluding steroid dienone is 4. The maximum atomic E-state index is 14.9. The Hall–Kier alpha value is -7.62. The molecule has 1 aliphatic heterocycles. The van der Waals surface area contributed by atoms with Gasteiger partial charge in [0.2, 0.25) is 0 Å². The van der Waals surface area contributed by atoms with Crippen LogP contribution in [-0.4, -0.2) is 107 Å². The van der Waals surface area contributed by atoms with Crippen molar-refractivity contribution < 1.29 is 76.0 Å². The molecule has 4 unspecified atom stereocenters. The molecule has 0 saturated heterocycles. The number of unbranched alkanes of at least 4 members (excludes halogenated alkanes) is 14. The van der Waals surface area contributed by atoms with Gasteiger partial charge < -0.3 is 56.8 Å². The molecule has 4 aromatic rings. The van der Waals surface area contributed by atoms with Gasteiger partial charge in [0.05, 0.1) is 109 Å². The second-order valence-electron chi connectivity index (χ2n) is 27.4. The van der Waals surface area contributed by atoms with E-state index in [-0.39, 0.29) is 52.1 Å². The van der Waals surface area contributed by atoms with E-state index in [4.69, 9.17) is 56.8 Å². The monoisotopic (exact) mass is 1410 g/mol. The Morgan fingerprint density at radius 1 is 0.353 bits per heavy atom. The number of esters is 4. The average molecular weight is 1410 g/mol. The fourth-order valence-corrected chi connectivity index (χ4v) is 14.5. The molecule has 4 aromatic carbocycles. The first kappa shape index (κ1) is 83.3. The van der Waals surface area contributed by atoms with Gasteiger partial charge in [0.1, 0.15) is 46.0 Å². The predicted molar refractivity (Wildman–Crippen MR) is 405 cm³/mol. The number of cyclic esters (lactones) is 2. The van der Waals surface area contributed by atoms with E-state index in [0.717, 1.165) is 141 Å². The molecular formula is C86H124O16. The summed E-state index contributed by atoms with van der Waals surface area (Å²) in [6.45, 7) is 8.62. The molecule has 0 radical (unpaired) electrons. The summed E-state index contributed by atoms with van der Waals surface area (Å²) in [6.07, 6.45) is 41.1. The van der Waals surface area contributed by atoms with Crippen molar-refractivity contribution in [3.05, 3.63) is 131 Å². The molecule has 102 heavy (non-hydrogen) atoms. The Morgan fingerprint density at radius 2 is 0.608 bits per heavy atom. The first-order valence-electron chi connectivity index (χ1n) is 38.4. The first-order valence-corrected chi connectivity index (χ1v) is 38.4. The Kier molecular flexibility index (Phi) is 39.5. The Bertz CT molecular complexity index is 3000. The van der Waals surface area contributed by atoms with E-state index in [1.165, 1.54) is 38.5 Å². The van der Waals surface area contributed by atoms with Crippen LogP contribution in [-0.2, 0) is 38.1 Å². The SMILES string of the molecule is C=CCCCCCCCCCOC(=O)CC1c2cc(c(OC)cc2OC)C(CC(=O)OCCCCCCCCCC=C)c2cc(c(OC)cc2OC)C2CC(=O)OCCCCCCCCC/C=C/CCCCCCCCCOC(=O)CC(c3cc1c(OC)cc3OC)c1cc2c(OC)cc1OC. The van der Waals surface area contributed by atoms with Crippen molar-refractivity contribution in [1.82, 2.24) is 0 Å². The molecule has 2 aliphatic rings. The van der Waals surface area contributed by atoms with Gasteiger partial charge in [-0.25, -0.2) is 0 Å². The van der Waals surface area contributed by atoms with Crippen LogP contribution in [0.25, 0.3) is 0 Å². The molecule has 6 rings (SSSR count). The van der Waals surface area contributed by atoms with E-state index in [9.17, 15) is 19.2 Å². The van der Waals surface area contributed by atoms with Gasteiger partial charge in [0, 0.05) is 92.4 Å². The highest BCUT2D eigenvalue weighted by atomic mass is 16.5. The van der Waals surface area contributed by atoms with Crippen molar-refractivity contribution >= 4 is 23.9 Å².